The summed E-state index contributed by atoms with van der Waals surface area (Å²) in [6.07, 6.45) is 6.48. The Kier molecular flexibility index (Phi) is 3.71. The van der Waals surface area contributed by atoms with E-state index in [0.717, 1.165) is 37.1 Å². The van der Waals surface area contributed by atoms with Crippen molar-refractivity contribution in [2.24, 2.45) is 0 Å². The molecule has 1 aliphatic rings. The molecule has 1 fully saturated rings. The second-order valence-electron chi connectivity index (χ2n) is 4.43. The van der Waals surface area contributed by atoms with Crippen molar-refractivity contribution in [2.75, 3.05) is 6.54 Å². The zero-order valence-electron chi connectivity index (χ0n) is 9.66. The first-order valence-electron chi connectivity index (χ1n) is 5.92. The van der Waals surface area contributed by atoms with Gasteiger partial charge < -0.3 is 5.32 Å². The second kappa shape index (κ2) is 5.06. The number of nitrogens with one attached hydrogen (secondary N) is 1. The summed E-state index contributed by atoms with van der Waals surface area (Å²) in [5, 5.41) is 3.42. The third kappa shape index (κ3) is 2.33. The lowest BCUT2D eigenvalue weighted by Gasteiger charge is -2.27. The zero-order valence-corrected chi connectivity index (χ0v) is 10.5. The first-order valence-corrected chi connectivity index (χ1v) is 6.80. The largest absolute Gasteiger partial charge is 0.305 e. The van der Waals surface area contributed by atoms with E-state index >= 15 is 0 Å². The van der Waals surface area contributed by atoms with Crippen LogP contribution < -0.4 is 5.32 Å². The van der Waals surface area contributed by atoms with Gasteiger partial charge in [-0.15, -0.1) is 11.3 Å². The van der Waals surface area contributed by atoms with Crippen molar-refractivity contribution in [3.05, 3.63) is 16.6 Å². The van der Waals surface area contributed by atoms with Gasteiger partial charge in [-0.2, -0.15) is 0 Å². The van der Waals surface area contributed by atoms with Crippen molar-refractivity contribution in [2.45, 2.75) is 44.6 Å². The molecule has 3 nitrogen and oxygen atoms in total. The van der Waals surface area contributed by atoms with E-state index in [1.807, 2.05) is 0 Å². The Morgan fingerprint density at radius 3 is 3.12 bits per heavy atom. The highest BCUT2D eigenvalue weighted by Crippen LogP contribution is 2.27. The van der Waals surface area contributed by atoms with Crippen LogP contribution in [0.5, 0.6) is 0 Å². The molecular formula is C12H18N2OS. The fraction of sp³-hybridized carbons (Fsp3) is 0.667. The van der Waals surface area contributed by atoms with Gasteiger partial charge >= 0.3 is 0 Å². The number of rotatable bonds is 5. The SMILES string of the molecule is CCCC1(C(=O)Cc2cncs2)CCCN1. The van der Waals surface area contributed by atoms with Gasteiger partial charge in [-0.1, -0.05) is 13.3 Å². The minimum Gasteiger partial charge on any atom is -0.305 e. The fourth-order valence-electron chi connectivity index (χ4n) is 2.48. The molecule has 0 spiro atoms. The van der Waals surface area contributed by atoms with Gasteiger partial charge in [0.1, 0.15) is 0 Å². The average Bonchev–Trinajstić information content (AvgIpc) is 2.89. The Hall–Kier alpha value is -0.740. The minimum absolute atomic E-state index is 0.237. The van der Waals surface area contributed by atoms with Gasteiger partial charge in [0, 0.05) is 17.5 Å². The molecule has 88 valence electrons. The normalized spacial score (nSPS) is 24.8. The van der Waals surface area contributed by atoms with Crippen molar-refractivity contribution in [3.8, 4) is 0 Å². The van der Waals surface area contributed by atoms with Gasteiger partial charge in [-0.3, -0.25) is 9.78 Å². The van der Waals surface area contributed by atoms with Gasteiger partial charge in [0.15, 0.2) is 5.78 Å². The molecular weight excluding hydrogens is 220 g/mol. The summed E-state index contributed by atoms with van der Waals surface area (Å²) in [5.41, 5.74) is 1.55. The first-order chi connectivity index (χ1) is 7.77. The van der Waals surface area contributed by atoms with E-state index in [-0.39, 0.29) is 5.54 Å². The molecule has 1 N–H and O–H groups in total. The number of hydrogen-bond donors (Lipinski definition) is 1. The summed E-state index contributed by atoms with van der Waals surface area (Å²) in [7, 11) is 0. The van der Waals surface area contributed by atoms with Crippen LogP contribution in [-0.2, 0) is 11.2 Å². The highest BCUT2D eigenvalue weighted by Gasteiger charge is 2.39. The molecule has 1 aromatic heterocycles. The van der Waals surface area contributed by atoms with Gasteiger partial charge in [0.2, 0.25) is 0 Å². The van der Waals surface area contributed by atoms with Crippen LogP contribution in [0.2, 0.25) is 0 Å². The molecule has 1 unspecified atom stereocenters. The number of ketones is 1. The lowest BCUT2D eigenvalue weighted by Crippen LogP contribution is -2.48. The Labute approximate surface area is 100 Å². The molecule has 1 saturated heterocycles. The van der Waals surface area contributed by atoms with Crippen LogP contribution in [0.3, 0.4) is 0 Å². The predicted molar refractivity (Wildman–Crippen MR) is 65.7 cm³/mol. The van der Waals surface area contributed by atoms with Crippen LogP contribution in [-0.4, -0.2) is 22.9 Å². The Morgan fingerprint density at radius 2 is 2.56 bits per heavy atom. The quantitative estimate of drug-likeness (QED) is 0.855. The Balaban J connectivity index is 2.05. The Bertz CT molecular complexity index is 342. The number of Topliss-reactive ketones (excluding diaryl/α,β-unsaturated/α-hetero) is 1. The van der Waals surface area contributed by atoms with Gasteiger partial charge in [-0.25, -0.2) is 0 Å². The highest BCUT2D eigenvalue weighted by molar-refractivity contribution is 7.09. The molecule has 0 bridgehead atoms. The minimum atomic E-state index is -0.237. The van der Waals surface area contributed by atoms with Crippen molar-refractivity contribution < 1.29 is 4.79 Å². The third-order valence-electron chi connectivity index (χ3n) is 3.27. The van der Waals surface area contributed by atoms with E-state index in [1.165, 1.54) is 0 Å². The van der Waals surface area contributed by atoms with Gasteiger partial charge in [-0.05, 0) is 25.8 Å². The maximum Gasteiger partial charge on any atom is 0.158 e. The molecule has 0 radical (unpaired) electrons. The molecule has 0 aliphatic carbocycles. The van der Waals surface area contributed by atoms with Crippen LogP contribution >= 0.6 is 11.3 Å². The monoisotopic (exact) mass is 238 g/mol. The standard InChI is InChI=1S/C12H18N2OS/c1-2-4-12(5-3-6-14-12)11(15)7-10-8-13-9-16-10/h8-9,14H,2-7H2,1H3. The lowest BCUT2D eigenvalue weighted by molar-refractivity contribution is -0.124. The van der Waals surface area contributed by atoms with Crippen LogP contribution in [0, 0.1) is 0 Å². The lowest BCUT2D eigenvalue weighted by atomic mass is 9.85. The number of carbonyl (C=O) groups excluding carboxylic acids is 1. The second-order valence-corrected chi connectivity index (χ2v) is 5.40. The Morgan fingerprint density at radius 1 is 1.69 bits per heavy atom. The summed E-state index contributed by atoms with van der Waals surface area (Å²) >= 11 is 1.57. The van der Waals surface area contributed by atoms with E-state index in [9.17, 15) is 4.79 Å². The topological polar surface area (TPSA) is 42.0 Å². The van der Waals surface area contributed by atoms with E-state index in [2.05, 4.69) is 17.2 Å². The molecule has 0 aromatic carbocycles. The highest BCUT2D eigenvalue weighted by atomic mass is 32.1. The summed E-state index contributed by atoms with van der Waals surface area (Å²) in [4.78, 5) is 17.4. The average molecular weight is 238 g/mol. The molecule has 2 heterocycles. The molecule has 1 aliphatic heterocycles. The van der Waals surface area contributed by atoms with Crippen molar-refractivity contribution in [1.29, 1.82) is 0 Å². The number of thiazole rings is 1. The molecule has 2 rings (SSSR count). The van der Waals surface area contributed by atoms with Crippen LogP contribution in [0.15, 0.2) is 11.7 Å². The van der Waals surface area contributed by atoms with E-state index in [4.69, 9.17) is 0 Å². The van der Waals surface area contributed by atoms with Gasteiger partial charge in [0.05, 0.1) is 11.0 Å². The molecule has 1 atom stereocenters. The van der Waals surface area contributed by atoms with Crippen molar-refractivity contribution in [1.82, 2.24) is 10.3 Å². The van der Waals surface area contributed by atoms with Crippen LogP contribution in [0.25, 0.3) is 0 Å². The smallest absolute Gasteiger partial charge is 0.158 e. The molecule has 0 saturated carbocycles. The summed E-state index contributed by atoms with van der Waals surface area (Å²) in [5.74, 6) is 0.344. The van der Waals surface area contributed by atoms with Crippen LogP contribution in [0.1, 0.15) is 37.5 Å². The molecule has 16 heavy (non-hydrogen) atoms. The first kappa shape index (κ1) is 11.7. The molecule has 1 aromatic rings. The summed E-state index contributed by atoms with van der Waals surface area (Å²) in [6.45, 7) is 3.12. The van der Waals surface area contributed by atoms with E-state index in [1.54, 1.807) is 23.0 Å². The van der Waals surface area contributed by atoms with E-state index < -0.39 is 0 Å². The van der Waals surface area contributed by atoms with Crippen molar-refractivity contribution in [3.63, 3.8) is 0 Å². The molecule has 0 amide bonds. The number of nitrogens with zero attached hydrogens (tertiary/aromatic N) is 1. The van der Waals surface area contributed by atoms with E-state index in [0.29, 0.717) is 12.2 Å². The maximum atomic E-state index is 12.3. The predicted octanol–water partition coefficient (Wildman–Crippen LogP) is 2.18. The number of carbonyl (C=O) groups is 1. The maximum absolute atomic E-state index is 12.3. The summed E-state index contributed by atoms with van der Waals surface area (Å²) in [6, 6.07) is 0. The van der Waals surface area contributed by atoms with Crippen LogP contribution in [0.4, 0.5) is 0 Å². The number of hydrogen-bond acceptors (Lipinski definition) is 4. The van der Waals surface area contributed by atoms with Crippen molar-refractivity contribution >= 4 is 17.1 Å². The number of aromatic nitrogens is 1. The molecule has 4 heteroatoms. The van der Waals surface area contributed by atoms with Gasteiger partial charge in [0.25, 0.3) is 0 Å². The zero-order chi connectivity index (χ0) is 11.4. The third-order valence-corrected chi connectivity index (χ3v) is 4.05. The fourth-order valence-corrected chi connectivity index (χ4v) is 3.07. The summed E-state index contributed by atoms with van der Waals surface area (Å²) < 4.78 is 0.